The highest BCUT2D eigenvalue weighted by Gasteiger charge is 2.24. The van der Waals surface area contributed by atoms with Crippen molar-refractivity contribution in [3.05, 3.63) is 5.82 Å². The van der Waals surface area contributed by atoms with Crippen molar-refractivity contribution in [2.24, 2.45) is 0 Å². The summed E-state index contributed by atoms with van der Waals surface area (Å²) >= 11 is 1.49. The summed E-state index contributed by atoms with van der Waals surface area (Å²) in [5, 5.41) is 1.04. The predicted octanol–water partition coefficient (Wildman–Crippen LogP) is 1.71. The molecular weight excluding hydrogens is 210 g/mol. The molecule has 0 aromatic carbocycles. The van der Waals surface area contributed by atoms with Gasteiger partial charge in [-0.3, -0.25) is 0 Å². The molecule has 2 heterocycles. The Hall–Kier alpha value is -0.680. The topological polar surface area (TPSA) is 38.2 Å². The number of hydrogen-bond donors (Lipinski definition) is 0. The quantitative estimate of drug-likeness (QED) is 0.771. The molecule has 5 heteroatoms. The van der Waals surface area contributed by atoms with Crippen LogP contribution in [0.25, 0.3) is 0 Å². The van der Waals surface area contributed by atoms with Gasteiger partial charge in [-0.1, -0.05) is 6.92 Å². The van der Waals surface area contributed by atoms with Crippen molar-refractivity contribution in [1.29, 1.82) is 0 Å². The molecule has 2 rings (SSSR count). The van der Waals surface area contributed by atoms with Crippen molar-refractivity contribution in [3.8, 4) is 0 Å². The molecule has 1 aromatic heterocycles. The van der Waals surface area contributed by atoms with Gasteiger partial charge >= 0.3 is 0 Å². The van der Waals surface area contributed by atoms with Crippen molar-refractivity contribution in [2.45, 2.75) is 39.4 Å². The minimum absolute atomic E-state index is 0.280. The molecule has 0 spiro atoms. The molecule has 1 aliphatic heterocycles. The monoisotopic (exact) mass is 227 g/mol. The Bertz CT molecular complexity index is 318. The molecular formula is C10H17N3OS. The minimum Gasteiger partial charge on any atom is -0.372 e. The first-order chi connectivity index (χ1) is 7.19. The van der Waals surface area contributed by atoms with Gasteiger partial charge in [0.25, 0.3) is 0 Å². The lowest BCUT2D eigenvalue weighted by molar-refractivity contribution is -0.00523. The molecule has 1 saturated heterocycles. The highest BCUT2D eigenvalue weighted by Crippen LogP contribution is 2.22. The zero-order valence-corrected chi connectivity index (χ0v) is 10.3. The molecule has 15 heavy (non-hydrogen) atoms. The van der Waals surface area contributed by atoms with Gasteiger partial charge in [0.2, 0.25) is 5.13 Å². The molecule has 1 fully saturated rings. The second-order valence-corrected chi connectivity index (χ2v) is 4.74. The number of aromatic nitrogens is 2. The van der Waals surface area contributed by atoms with Crippen LogP contribution in [-0.2, 0) is 11.2 Å². The van der Waals surface area contributed by atoms with Crippen molar-refractivity contribution >= 4 is 16.7 Å². The van der Waals surface area contributed by atoms with Crippen LogP contribution in [0, 0.1) is 0 Å². The maximum Gasteiger partial charge on any atom is 0.205 e. The van der Waals surface area contributed by atoms with Gasteiger partial charge < -0.3 is 9.64 Å². The minimum atomic E-state index is 0.280. The summed E-state index contributed by atoms with van der Waals surface area (Å²) in [7, 11) is 0. The third-order valence-electron chi connectivity index (χ3n) is 2.46. The lowest BCUT2D eigenvalue weighted by Gasteiger charge is -2.34. The van der Waals surface area contributed by atoms with E-state index in [0.717, 1.165) is 30.5 Å². The normalized spacial score (nSPS) is 27.0. The average molecular weight is 227 g/mol. The van der Waals surface area contributed by atoms with Gasteiger partial charge in [0.05, 0.1) is 12.2 Å². The summed E-state index contributed by atoms with van der Waals surface area (Å²) in [4.78, 5) is 6.77. The van der Waals surface area contributed by atoms with Gasteiger partial charge in [-0.05, 0) is 13.8 Å². The predicted molar refractivity (Wildman–Crippen MR) is 61.5 cm³/mol. The molecule has 1 aromatic rings. The van der Waals surface area contributed by atoms with Gasteiger partial charge in [0.15, 0.2) is 0 Å². The summed E-state index contributed by atoms with van der Waals surface area (Å²) in [6.07, 6.45) is 1.47. The lowest BCUT2D eigenvalue weighted by Crippen LogP contribution is -2.45. The van der Waals surface area contributed by atoms with E-state index < -0.39 is 0 Å². The first kappa shape index (κ1) is 10.8. The number of nitrogens with zero attached hydrogens (tertiary/aromatic N) is 3. The van der Waals surface area contributed by atoms with Crippen LogP contribution >= 0.6 is 11.5 Å². The number of morpholine rings is 1. The van der Waals surface area contributed by atoms with Gasteiger partial charge in [0.1, 0.15) is 5.82 Å². The highest BCUT2D eigenvalue weighted by molar-refractivity contribution is 7.09. The second-order valence-electron chi connectivity index (χ2n) is 4.01. The zero-order chi connectivity index (χ0) is 10.8. The van der Waals surface area contributed by atoms with E-state index in [-0.39, 0.29) is 12.2 Å². The molecule has 2 atom stereocenters. The maximum atomic E-state index is 5.69. The Morgan fingerprint density at radius 3 is 2.60 bits per heavy atom. The van der Waals surface area contributed by atoms with E-state index in [4.69, 9.17) is 4.74 Å². The number of rotatable bonds is 2. The molecule has 1 aliphatic rings. The van der Waals surface area contributed by atoms with Gasteiger partial charge in [-0.2, -0.15) is 4.37 Å². The summed E-state index contributed by atoms with van der Waals surface area (Å²) in [6, 6.07) is 0. The molecule has 0 N–H and O–H groups in total. The van der Waals surface area contributed by atoms with E-state index >= 15 is 0 Å². The molecule has 0 unspecified atom stereocenters. The molecule has 0 aliphatic carbocycles. The van der Waals surface area contributed by atoms with Crippen molar-refractivity contribution in [2.75, 3.05) is 18.0 Å². The van der Waals surface area contributed by atoms with E-state index in [0.29, 0.717) is 0 Å². The Kier molecular flexibility index (Phi) is 3.21. The zero-order valence-electron chi connectivity index (χ0n) is 9.43. The van der Waals surface area contributed by atoms with Gasteiger partial charge in [-0.15, -0.1) is 0 Å². The molecule has 4 nitrogen and oxygen atoms in total. The Balaban J connectivity index is 2.09. The largest absolute Gasteiger partial charge is 0.372 e. The second kappa shape index (κ2) is 4.45. The van der Waals surface area contributed by atoms with Crippen LogP contribution < -0.4 is 4.90 Å². The van der Waals surface area contributed by atoms with Crippen LogP contribution in [0.4, 0.5) is 5.13 Å². The SMILES string of the molecule is CCc1nsc(N2C[C@@H](C)O[C@@H](C)C2)n1. The number of anilines is 1. The fourth-order valence-corrected chi connectivity index (χ4v) is 2.62. The van der Waals surface area contributed by atoms with Crippen LogP contribution in [0.3, 0.4) is 0 Å². The number of aryl methyl sites for hydroxylation is 1. The van der Waals surface area contributed by atoms with Crippen LogP contribution in [0.1, 0.15) is 26.6 Å². The molecule has 0 bridgehead atoms. The Morgan fingerprint density at radius 2 is 2.07 bits per heavy atom. The Labute approximate surface area is 94.4 Å². The van der Waals surface area contributed by atoms with E-state index in [1.165, 1.54) is 11.5 Å². The maximum absolute atomic E-state index is 5.69. The molecule has 0 radical (unpaired) electrons. The van der Waals surface area contributed by atoms with Crippen LogP contribution in [0.2, 0.25) is 0 Å². The van der Waals surface area contributed by atoms with Crippen LogP contribution in [0.5, 0.6) is 0 Å². The average Bonchev–Trinajstić information content (AvgIpc) is 2.64. The highest BCUT2D eigenvalue weighted by atomic mass is 32.1. The van der Waals surface area contributed by atoms with Gasteiger partial charge in [-0.25, -0.2) is 4.98 Å². The first-order valence-electron chi connectivity index (χ1n) is 5.42. The number of ether oxygens (including phenoxy) is 1. The third kappa shape index (κ3) is 2.46. The van der Waals surface area contributed by atoms with Crippen molar-refractivity contribution in [3.63, 3.8) is 0 Å². The third-order valence-corrected chi connectivity index (χ3v) is 3.28. The van der Waals surface area contributed by atoms with Crippen LogP contribution in [0.15, 0.2) is 0 Å². The lowest BCUT2D eigenvalue weighted by atomic mass is 10.2. The molecule has 0 saturated carbocycles. The first-order valence-corrected chi connectivity index (χ1v) is 6.19. The van der Waals surface area contributed by atoms with Crippen molar-refractivity contribution in [1.82, 2.24) is 9.36 Å². The van der Waals surface area contributed by atoms with E-state index in [1.807, 2.05) is 0 Å². The summed E-state index contributed by atoms with van der Waals surface area (Å²) in [5.41, 5.74) is 0. The van der Waals surface area contributed by atoms with Crippen LogP contribution in [-0.4, -0.2) is 34.7 Å². The summed E-state index contributed by atoms with van der Waals surface area (Å²) in [6.45, 7) is 8.12. The summed E-state index contributed by atoms with van der Waals surface area (Å²) < 4.78 is 9.99. The van der Waals surface area contributed by atoms with E-state index in [2.05, 4.69) is 35.0 Å². The Morgan fingerprint density at radius 1 is 1.40 bits per heavy atom. The molecule has 0 amide bonds. The number of hydrogen-bond acceptors (Lipinski definition) is 5. The molecule has 84 valence electrons. The van der Waals surface area contributed by atoms with Gasteiger partial charge in [0, 0.05) is 31.0 Å². The fourth-order valence-electron chi connectivity index (χ4n) is 1.85. The smallest absolute Gasteiger partial charge is 0.205 e. The standard InChI is InChI=1S/C10H17N3OS/c1-4-9-11-10(15-12-9)13-5-7(2)14-8(3)6-13/h7-8H,4-6H2,1-3H3/t7-,8+. The fraction of sp³-hybridized carbons (Fsp3) is 0.800. The summed E-state index contributed by atoms with van der Waals surface area (Å²) in [5.74, 6) is 0.946. The van der Waals surface area contributed by atoms with Crippen molar-refractivity contribution < 1.29 is 4.74 Å². The van der Waals surface area contributed by atoms with E-state index in [1.54, 1.807) is 0 Å². The van der Waals surface area contributed by atoms with E-state index in [9.17, 15) is 0 Å².